The largest absolute Gasteiger partial charge is 0.465 e. The summed E-state index contributed by atoms with van der Waals surface area (Å²) >= 11 is 0. The third-order valence-electron chi connectivity index (χ3n) is 11.3. The third-order valence-corrected chi connectivity index (χ3v) is 11.3. The number of alkyl carbamates (subject to hydrolysis) is 1. The Labute approximate surface area is 325 Å². The van der Waals surface area contributed by atoms with Crippen molar-refractivity contribution in [2.45, 2.75) is 77.5 Å². The smallest absolute Gasteiger partial charge is 0.407 e. The van der Waals surface area contributed by atoms with Crippen molar-refractivity contribution in [3.63, 3.8) is 0 Å². The number of ether oxygens (including phenoxy) is 1. The number of amides is 4. The molecule has 0 unspecified atom stereocenters. The minimum atomic E-state index is -1.13. The number of aromatic nitrogens is 4. The molecule has 2 fully saturated rings. The van der Waals surface area contributed by atoms with Crippen LogP contribution in [0.2, 0.25) is 0 Å². The molecule has 4 amide bonds. The molecule has 56 heavy (non-hydrogen) atoms. The van der Waals surface area contributed by atoms with E-state index in [9.17, 15) is 24.3 Å². The Hall–Kier alpha value is -5.92. The van der Waals surface area contributed by atoms with Crippen LogP contribution in [-0.2, 0) is 14.3 Å². The molecule has 0 bridgehead atoms. The van der Waals surface area contributed by atoms with Crippen LogP contribution in [0.5, 0.6) is 0 Å². The van der Waals surface area contributed by atoms with Crippen molar-refractivity contribution in [1.29, 1.82) is 0 Å². The van der Waals surface area contributed by atoms with Crippen molar-refractivity contribution in [3.8, 4) is 22.4 Å². The summed E-state index contributed by atoms with van der Waals surface area (Å²) in [5.74, 6) is 0.770. The molecule has 5 aromatic rings. The highest BCUT2D eigenvalue weighted by atomic mass is 16.5. The molecule has 0 saturated carbocycles. The van der Waals surface area contributed by atoms with Gasteiger partial charge in [0.25, 0.3) is 0 Å². The fourth-order valence-electron chi connectivity index (χ4n) is 8.30. The second-order valence-electron chi connectivity index (χ2n) is 15.6. The summed E-state index contributed by atoms with van der Waals surface area (Å²) < 4.78 is 4.77. The fourth-order valence-corrected chi connectivity index (χ4v) is 8.30. The van der Waals surface area contributed by atoms with Crippen molar-refractivity contribution >= 4 is 45.8 Å². The number of imidazole rings is 2. The van der Waals surface area contributed by atoms with Gasteiger partial charge in [-0.05, 0) is 83.7 Å². The number of fused-ring (bicyclic) bond motifs is 2. The van der Waals surface area contributed by atoms with Crippen molar-refractivity contribution in [2.24, 2.45) is 11.8 Å². The molecule has 2 saturated heterocycles. The van der Waals surface area contributed by atoms with Gasteiger partial charge in [0.05, 0.1) is 35.9 Å². The summed E-state index contributed by atoms with van der Waals surface area (Å²) in [6.07, 6.45) is 3.27. The van der Waals surface area contributed by atoms with E-state index in [2.05, 4.69) is 57.7 Å². The molecule has 3 aromatic carbocycles. The minimum Gasteiger partial charge on any atom is -0.465 e. The summed E-state index contributed by atoms with van der Waals surface area (Å²) in [6, 6.07) is 16.8. The van der Waals surface area contributed by atoms with Crippen LogP contribution in [0.15, 0.2) is 60.8 Å². The molecule has 0 spiro atoms. The van der Waals surface area contributed by atoms with E-state index in [0.717, 1.165) is 80.6 Å². The van der Waals surface area contributed by atoms with Gasteiger partial charge >= 0.3 is 12.2 Å². The number of hydrogen-bond acceptors (Lipinski definition) is 7. The highest BCUT2D eigenvalue weighted by molar-refractivity contribution is 5.92. The van der Waals surface area contributed by atoms with Crippen molar-refractivity contribution < 1.29 is 29.0 Å². The van der Waals surface area contributed by atoms with Crippen LogP contribution < -0.4 is 5.32 Å². The summed E-state index contributed by atoms with van der Waals surface area (Å²) in [7, 11) is 2.74. The molecule has 2 aliphatic rings. The van der Waals surface area contributed by atoms with Gasteiger partial charge in [-0.25, -0.2) is 19.6 Å². The number of hydrogen-bond donors (Lipinski definition) is 4. The molecule has 7 rings (SSSR count). The van der Waals surface area contributed by atoms with E-state index in [1.54, 1.807) is 4.90 Å². The van der Waals surface area contributed by atoms with Gasteiger partial charge in [-0.1, -0.05) is 58.0 Å². The first-order valence-electron chi connectivity index (χ1n) is 19.3. The van der Waals surface area contributed by atoms with Gasteiger partial charge in [0.15, 0.2) is 0 Å². The van der Waals surface area contributed by atoms with E-state index >= 15 is 0 Å². The zero-order valence-electron chi connectivity index (χ0n) is 32.7. The summed E-state index contributed by atoms with van der Waals surface area (Å²) in [6.45, 7) is 8.66. The number of aromatic amines is 2. The van der Waals surface area contributed by atoms with Crippen LogP contribution in [0.3, 0.4) is 0 Å². The van der Waals surface area contributed by atoms with E-state index in [1.165, 1.54) is 14.2 Å². The summed E-state index contributed by atoms with van der Waals surface area (Å²) in [4.78, 5) is 72.5. The number of nitrogens with one attached hydrogen (secondary N) is 3. The quantitative estimate of drug-likeness (QED) is 0.116. The van der Waals surface area contributed by atoms with Crippen LogP contribution in [0.4, 0.5) is 9.59 Å². The second kappa shape index (κ2) is 15.7. The van der Waals surface area contributed by atoms with E-state index in [-0.39, 0.29) is 35.7 Å². The first-order valence-corrected chi connectivity index (χ1v) is 19.3. The highest BCUT2D eigenvalue weighted by Gasteiger charge is 2.40. The van der Waals surface area contributed by atoms with Gasteiger partial charge in [0.2, 0.25) is 11.8 Å². The van der Waals surface area contributed by atoms with Gasteiger partial charge in [0.1, 0.15) is 23.7 Å². The summed E-state index contributed by atoms with van der Waals surface area (Å²) in [5.41, 5.74) is 5.41. The number of nitrogens with zero attached hydrogens (tertiary/aromatic N) is 5. The molecular weight excluding hydrogens is 713 g/mol. The van der Waals surface area contributed by atoms with E-state index in [1.807, 2.05) is 50.9 Å². The van der Waals surface area contributed by atoms with Gasteiger partial charge < -0.3 is 34.9 Å². The molecule has 0 aliphatic carbocycles. The van der Waals surface area contributed by atoms with Crippen molar-refractivity contribution in [3.05, 3.63) is 72.4 Å². The normalized spacial score (nSPS) is 18.2. The molecule has 4 atom stereocenters. The van der Waals surface area contributed by atoms with Crippen LogP contribution in [-0.4, -0.2) is 103 Å². The lowest BCUT2D eigenvalue weighted by Gasteiger charge is -2.33. The number of rotatable bonds is 10. The fraction of sp³-hybridized carbons (Fsp3) is 0.429. The third kappa shape index (κ3) is 7.39. The number of methoxy groups -OCH3 is 1. The van der Waals surface area contributed by atoms with Crippen LogP contribution in [0.25, 0.3) is 44.2 Å². The molecular formula is C42H50N8O6. The lowest BCUT2D eigenvalue weighted by Crippen LogP contribution is -2.51. The SMILES string of the molecule is COC(=O)N[C@H](C(=O)N1CCC[C@H]1c1nc2cc(-c3ccc4ccc(-c5c[nH]c([C@@H]6CCCN6C(=O)[C@H](C(C)C)N(C)C(=O)O)n5)cc4c3)ccc2[nH]1)C(C)C. The minimum absolute atomic E-state index is 0.116. The van der Waals surface area contributed by atoms with Crippen molar-refractivity contribution in [2.75, 3.05) is 27.2 Å². The number of H-pyrrole nitrogens is 2. The predicted molar refractivity (Wildman–Crippen MR) is 213 cm³/mol. The molecule has 14 heteroatoms. The Morgan fingerprint density at radius 2 is 1.45 bits per heavy atom. The molecule has 4 N–H and O–H groups in total. The predicted octanol–water partition coefficient (Wildman–Crippen LogP) is 7.12. The average Bonchev–Trinajstić information content (AvgIpc) is 4.01. The number of carbonyl (C=O) groups is 4. The van der Waals surface area contributed by atoms with Crippen LogP contribution in [0.1, 0.15) is 77.1 Å². The van der Waals surface area contributed by atoms with E-state index in [4.69, 9.17) is 14.7 Å². The molecule has 0 radical (unpaired) electrons. The number of likely N-dealkylation sites (N-methyl/N-ethyl adjacent to an activating group) is 1. The summed E-state index contributed by atoms with van der Waals surface area (Å²) in [5, 5.41) is 14.5. The maximum Gasteiger partial charge on any atom is 0.407 e. The Balaban J connectivity index is 1.11. The lowest BCUT2D eigenvalue weighted by molar-refractivity contribution is -0.138. The van der Waals surface area contributed by atoms with Gasteiger partial charge in [-0.2, -0.15) is 0 Å². The van der Waals surface area contributed by atoms with Crippen LogP contribution >= 0.6 is 0 Å². The maximum absolute atomic E-state index is 13.7. The first-order chi connectivity index (χ1) is 26.8. The molecule has 4 heterocycles. The monoisotopic (exact) mass is 762 g/mol. The van der Waals surface area contributed by atoms with Gasteiger partial charge in [0, 0.05) is 31.9 Å². The van der Waals surface area contributed by atoms with Gasteiger partial charge in [-0.15, -0.1) is 0 Å². The lowest BCUT2D eigenvalue weighted by atomic mass is 9.99. The maximum atomic E-state index is 13.7. The highest BCUT2D eigenvalue weighted by Crippen LogP contribution is 2.36. The first kappa shape index (κ1) is 38.4. The van der Waals surface area contributed by atoms with Crippen LogP contribution in [0, 0.1) is 11.8 Å². The molecule has 2 aliphatic heterocycles. The Morgan fingerprint density at radius 3 is 2.11 bits per heavy atom. The zero-order chi connectivity index (χ0) is 39.8. The molecule has 14 nitrogen and oxygen atoms in total. The average molecular weight is 763 g/mol. The number of carboxylic acid groups (broad SMARTS) is 1. The number of likely N-dealkylation sites (tertiary alicyclic amines) is 2. The van der Waals surface area contributed by atoms with Crippen molar-refractivity contribution in [1.82, 2.24) is 40.0 Å². The Kier molecular flexibility index (Phi) is 10.7. The second-order valence-corrected chi connectivity index (χ2v) is 15.6. The molecule has 294 valence electrons. The zero-order valence-corrected chi connectivity index (χ0v) is 32.7. The number of benzene rings is 3. The molecule has 2 aromatic heterocycles. The number of carbonyl (C=O) groups excluding carboxylic acids is 3. The Morgan fingerprint density at radius 1 is 0.821 bits per heavy atom. The van der Waals surface area contributed by atoms with E-state index < -0.39 is 24.3 Å². The standard InChI is InChI=1S/C42H50N8O6/c1-23(2)35(47-41(53)56-6)39(51)49-17-8-10-34(49)38-44-30-16-15-27(21-31(30)45-38)26-13-11-25-12-14-28(20-29(25)19-26)32-22-43-37(46-32)33-9-7-18-50(33)40(52)36(24(3)4)48(5)42(54)55/h11-16,19-24,33-36H,7-10,17-18H2,1-6H3,(H,43,46)(H,44,45)(H,47,53)(H,54,55)/t33-,34-,35-,36-/m0/s1. The topological polar surface area (TPSA) is 177 Å². The van der Waals surface area contributed by atoms with E-state index in [0.29, 0.717) is 18.9 Å². The Bertz CT molecular complexity index is 2280. The van der Waals surface area contributed by atoms with Gasteiger partial charge in [-0.3, -0.25) is 14.5 Å².